The Hall–Kier alpha value is -2.38. The molecule has 1 N–H and O–H groups in total. The minimum absolute atomic E-state index is 0.0108. The number of carbonyl (C=O) groups is 1. The Morgan fingerprint density at radius 1 is 1.00 bits per heavy atom. The van der Waals surface area contributed by atoms with Crippen LogP contribution in [0.5, 0.6) is 17.2 Å². The van der Waals surface area contributed by atoms with E-state index in [2.05, 4.69) is 28.4 Å². The summed E-state index contributed by atoms with van der Waals surface area (Å²) in [4.78, 5) is 15.1. The molecule has 0 atom stereocenters. The highest BCUT2D eigenvalue weighted by Gasteiger charge is 2.15. The molecule has 0 bridgehead atoms. The van der Waals surface area contributed by atoms with Gasteiger partial charge in [-0.25, -0.2) is 0 Å². The number of methoxy groups -OCH3 is 3. The van der Waals surface area contributed by atoms with Gasteiger partial charge in [-0.05, 0) is 48.2 Å². The molecule has 31 heavy (non-hydrogen) atoms. The first-order chi connectivity index (χ1) is 15.0. The van der Waals surface area contributed by atoms with Gasteiger partial charge in [0.2, 0.25) is 11.7 Å². The molecule has 168 valence electrons. The number of nitrogens with zero attached hydrogens (tertiary/aromatic N) is 1. The summed E-state index contributed by atoms with van der Waals surface area (Å²) in [6.07, 6.45) is 0.943. The molecule has 3 rings (SSSR count). The molecule has 1 aliphatic rings. The summed E-state index contributed by atoms with van der Waals surface area (Å²) in [5.74, 6) is 4.11. The van der Waals surface area contributed by atoms with Crippen molar-refractivity contribution in [2.75, 3.05) is 51.2 Å². The van der Waals surface area contributed by atoms with E-state index in [0.717, 1.165) is 36.4 Å². The van der Waals surface area contributed by atoms with Crippen LogP contribution in [0.15, 0.2) is 30.3 Å². The number of nitrogens with one attached hydrogen (secondary N) is 1. The zero-order valence-corrected chi connectivity index (χ0v) is 19.6. The van der Waals surface area contributed by atoms with Crippen molar-refractivity contribution in [2.45, 2.75) is 26.3 Å². The fraction of sp³-hybridized carbons (Fsp3) is 0.458. The molecule has 2 aromatic rings. The van der Waals surface area contributed by atoms with Gasteiger partial charge in [0.15, 0.2) is 11.5 Å². The molecule has 0 aliphatic carbocycles. The number of hydrogen-bond donors (Lipinski definition) is 1. The van der Waals surface area contributed by atoms with E-state index in [4.69, 9.17) is 14.2 Å². The molecule has 0 radical (unpaired) electrons. The average molecular weight is 445 g/mol. The molecule has 1 aliphatic heterocycles. The molecular weight excluding hydrogens is 412 g/mol. The summed E-state index contributed by atoms with van der Waals surface area (Å²) >= 11 is 2.01. The van der Waals surface area contributed by atoms with Crippen molar-refractivity contribution in [1.29, 1.82) is 0 Å². The monoisotopic (exact) mass is 444 g/mol. The third-order valence-corrected chi connectivity index (χ3v) is 6.39. The van der Waals surface area contributed by atoms with E-state index in [0.29, 0.717) is 30.1 Å². The van der Waals surface area contributed by atoms with Gasteiger partial charge in [0.05, 0.1) is 21.3 Å². The van der Waals surface area contributed by atoms with Gasteiger partial charge < -0.3 is 19.5 Å². The zero-order chi connectivity index (χ0) is 22.2. The summed E-state index contributed by atoms with van der Waals surface area (Å²) in [7, 11) is 4.76. The molecule has 1 heterocycles. The number of carbonyl (C=O) groups excluding carboxylic acids is 1. The first-order valence-corrected chi connectivity index (χ1v) is 11.7. The van der Waals surface area contributed by atoms with E-state index >= 15 is 0 Å². The lowest BCUT2D eigenvalue weighted by molar-refractivity contribution is -0.116. The third-order valence-electron chi connectivity index (χ3n) is 5.45. The third kappa shape index (κ3) is 6.31. The zero-order valence-electron chi connectivity index (χ0n) is 18.8. The van der Waals surface area contributed by atoms with E-state index < -0.39 is 0 Å². The predicted octanol–water partition coefficient (Wildman–Crippen LogP) is 4.14. The lowest BCUT2D eigenvalue weighted by Crippen LogP contribution is -2.32. The number of hydrogen-bond acceptors (Lipinski definition) is 6. The minimum atomic E-state index is -0.0108. The summed E-state index contributed by atoms with van der Waals surface area (Å²) in [6, 6.07) is 10.1. The van der Waals surface area contributed by atoms with Gasteiger partial charge in [0, 0.05) is 43.2 Å². The second kappa shape index (κ2) is 11.3. The van der Waals surface area contributed by atoms with Crippen LogP contribution < -0.4 is 19.5 Å². The van der Waals surface area contributed by atoms with Gasteiger partial charge in [-0.15, -0.1) is 0 Å². The summed E-state index contributed by atoms with van der Waals surface area (Å²) in [6.45, 7) is 5.19. The summed E-state index contributed by atoms with van der Waals surface area (Å²) < 4.78 is 16.2. The van der Waals surface area contributed by atoms with Crippen LogP contribution >= 0.6 is 11.8 Å². The highest BCUT2D eigenvalue weighted by molar-refractivity contribution is 7.99. The maximum absolute atomic E-state index is 12.7. The molecule has 0 unspecified atom stereocenters. The van der Waals surface area contributed by atoms with Gasteiger partial charge in [-0.2, -0.15) is 11.8 Å². The number of aryl methyl sites for hydroxylation is 2. The maximum atomic E-state index is 12.7. The van der Waals surface area contributed by atoms with Crippen LogP contribution in [0.2, 0.25) is 0 Å². The standard InChI is InChI=1S/C24H32N2O4S/c1-17-5-6-19(16-26-9-11-31-12-10-26)13-20(17)25-23(27)8-7-18-14-21(28-2)24(30-4)22(15-18)29-3/h5-6,13-15H,7-12,16H2,1-4H3,(H,25,27). The molecule has 2 aromatic carbocycles. The smallest absolute Gasteiger partial charge is 0.224 e. The van der Waals surface area contributed by atoms with Crippen LogP contribution in [0.4, 0.5) is 5.69 Å². The Balaban J connectivity index is 1.62. The Morgan fingerprint density at radius 3 is 2.29 bits per heavy atom. The molecule has 1 saturated heterocycles. The second-order valence-electron chi connectivity index (χ2n) is 7.62. The first kappa shape index (κ1) is 23.3. The lowest BCUT2D eigenvalue weighted by atomic mass is 10.1. The molecule has 0 aromatic heterocycles. The SMILES string of the molecule is COc1cc(CCC(=O)Nc2cc(CN3CCSCC3)ccc2C)cc(OC)c1OC. The number of rotatable bonds is 9. The molecular formula is C24H32N2O4S. The Morgan fingerprint density at radius 2 is 1.68 bits per heavy atom. The molecule has 1 amide bonds. The predicted molar refractivity (Wildman–Crippen MR) is 127 cm³/mol. The van der Waals surface area contributed by atoms with Crippen LogP contribution in [0.25, 0.3) is 0 Å². The van der Waals surface area contributed by atoms with Gasteiger partial charge >= 0.3 is 0 Å². The van der Waals surface area contributed by atoms with Crippen molar-refractivity contribution in [3.63, 3.8) is 0 Å². The Kier molecular flexibility index (Phi) is 8.49. The number of anilines is 1. The van der Waals surface area contributed by atoms with Crippen LogP contribution in [0, 0.1) is 6.92 Å². The Labute approximate surface area is 189 Å². The fourth-order valence-corrected chi connectivity index (χ4v) is 4.65. The van der Waals surface area contributed by atoms with E-state index in [1.165, 1.54) is 17.1 Å². The van der Waals surface area contributed by atoms with Gasteiger partial charge in [-0.1, -0.05) is 12.1 Å². The van der Waals surface area contributed by atoms with Crippen molar-refractivity contribution in [2.24, 2.45) is 0 Å². The topological polar surface area (TPSA) is 60.0 Å². The Bertz CT molecular complexity index is 872. The van der Waals surface area contributed by atoms with Gasteiger partial charge in [0.1, 0.15) is 0 Å². The number of benzene rings is 2. The highest BCUT2D eigenvalue weighted by atomic mass is 32.2. The molecule has 1 fully saturated rings. The summed E-state index contributed by atoms with van der Waals surface area (Å²) in [5, 5.41) is 3.09. The maximum Gasteiger partial charge on any atom is 0.224 e. The van der Waals surface area contributed by atoms with Crippen LogP contribution in [0.3, 0.4) is 0 Å². The van der Waals surface area contributed by atoms with Crippen LogP contribution in [-0.2, 0) is 17.8 Å². The largest absolute Gasteiger partial charge is 0.493 e. The van der Waals surface area contributed by atoms with E-state index in [1.54, 1.807) is 21.3 Å². The first-order valence-electron chi connectivity index (χ1n) is 10.5. The lowest BCUT2D eigenvalue weighted by Gasteiger charge is -2.26. The summed E-state index contributed by atoms with van der Waals surface area (Å²) in [5.41, 5.74) is 4.15. The fourth-order valence-electron chi connectivity index (χ4n) is 3.67. The number of thioether (sulfide) groups is 1. The van der Waals surface area contributed by atoms with E-state index in [1.807, 2.05) is 30.8 Å². The van der Waals surface area contributed by atoms with Crippen LogP contribution in [-0.4, -0.2) is 56.7 Å². The van der Waals surface area contributed by atoms with Crippen molar-refractivity contribution in [3.05, 3.63) is 47.0 Å². The number of amides is 1. The van der Waals surface area contributed by atoms with Gasteiger partial charge in [0.25, 0.3) is 0 Å². The van der Waals surface area contributed by atoms with Crippen LogP contribution in [0.1, 0.15) is 23.1 Å². The van der Waals surface area contributed by atoms with E-state index in [-0.39, 0.29) is 5.91 Å². The molecule has 0 spiro atoms. The van der Waals surface area contributed by atoms with Crippen molar-refractivity contribution < 1.29 is 19.0 Å². The molecule has 0 saturated carbocycles. The second-order valence-corrected chi connectivity index (χ2v) is 8.84. The van der Waals surface area contributed by atoms with Gasteiger partial charge in [-0.3, -0.25) is 9.69 Å². The quantitative estimate of drug-likeness (QED) is 0.627. The minimum Gasteiger partial charge on any atom is -0.493 e. The van der Waals surface area contributed by atoms with Crippen molar-refractivity contribution >= 4 is 23.4 Å². The van der Waals surface area contributed by atoms with Crippen molar-refractivity contribution in [3.8, 4) is 17.2 Å². The molecule has 7 heteroatoms. The highest BCUT2D eigenvalue weighted by Crippen LogP contribution is 2.38. The number of ether oxygens (including phenoxy) is 3. The van der Waals surface area contributed by atoms with Crippen molar-refractivity contribution in [1.82, 2.24) is 4.90 Å². The average Bonchev–Trinajstić information content (AvgIpc) is 2.79. The van der Waals surface area contributed by atoms with E-state index in [9.17, 15) is 4.79 Å². The normalized spacial score (nSPS) is 14.2. The molecule has 6 nitrogen and oxygen atoms in total.